The van der Waals surface area contributed by atoms with Crippen molar-refractivity contribution in [3.8, 4) is 0 Å². The first kappa shape index (κ1) is 14.3. The number of hydrogen-bond donors (Lipinski definition) is 1. The van der Waals surface area contributed by atoms with Crippen molar-refractivity contribution < 1.29 is 1.43 Å². The van der Waals surface area contributed by atoms with Crippen LogP contribution in [-0.2, 0) is 0 Å². The molecule has 0 bridgehead atoms. The van der Waals surface area contributed by atoms with Crippen LogP contribution in [0.1, 0.15) is 60.2 Å². The highest BCUT2D eigenvalue weighted by molar-refractivity contribution is 4.96. The summed E-state index contributed by atoms with van der Waals surface area (Å²) in [6, 6.07) is 0. The van der Waals surface area contributed by atoms with E-state index >= 15 is 0 Å². The van der Waals surface area contributed by atoms with E-state index in [9.17, 15) is 0 Å². The van der Waals surface area contributed by atoms with Crippen molar-refractivity contribution >= 4 is 0 Å². The molecule has 2 nitrogen and oxygen atoms in total. The zero-order chi connectivity index (χ0) is 12.8. The standard InChI is InChI=1S/C16H32N2.H2/c1-3-5-10-18-11-7-16(8-12-18)13-15(14-16)6-9-17-4-2;/h15,17H,3-14H2,1-2H3;1H. The second-order valence-corrected chi connectivity index (χ2v) is 6.61. The Morgan fingerprint density at radius 3 is 2.56 bits per heavy atom. The summed E-state index contributed by atoms with van der Waals surface area (Å²) in [5.74, 6) is 1.03. The fourth-order valence-electron chi connectivity index (χ4n) is 3.89. The molecule has 18 heavy (non-hydrogen) atoms. The molecule has 0 atom stereocenters. The lowest BCUT2D eigenvalue weighted by atomic mass is 9.57. The third-order valence-corrected chi connectivity index (χ3v) is 5.17. The van der Waals surface area contributed by atoms with Crippen molar-refractivity contribution in [2.24, 2.45) is 11.3 Å². The summed E-state index contributed by atoms with van der Waals surface area (Å²) in [7, 11) is 0. The van der Waals surface area contributed by atoms with E-state index in [0.717, 1.165) is 17.9 Å². The van der Waals surface area contributed by atoms with E-state index in [1.54, 1.807) is 0 Å². The number of nitrogens with one attached hydrogen (secondary N) is 1. The van der Waals surface area contributed by atoms with Gasteiger partial charge in [0.1, 0.15) is 0 Å². The van der Waals surface area contributed by atoms with E-state index in [1.807, 2.05) is 0 Å². The van der Waals surface area contributed by atoms with Gasteiger partial charge in [-0.2, -0.15) is 0 Å². The van der Waals surface area contributed by atoms with Gasteiger partial charge in [-0.15, -0.1) is 0 Å². The Balaban J connectivity index is 0.00000180. The molecular formula is C16H34N2. The van der Waals surface area contributed by atoms with Crippen LogP contribution in [0.25, 0.3) is 0 Å². The van der Waals surface area contributed by atoms with Crippen LogP contribution in [0.5, 0.6) is 0 Å². The van der Waals surface area contributed by atoms with Gasteiger partial charge in [0.05, 0.1) is 0 Å². The van der Waals surface area contributed by atoms with Gasteiger partial charge in [-0.1, -0.05) is 20.3 Å². The fourth-order valence-corrected chi connectivity index (χ4v) is 3.89. The van der Waals surface area contributed by atoms with Crippen LogP contribution in [0.3, 0.4) is 0 Å². The fraction of sp³-hybridized carbons (Fsp3) is 1.00. The monoisotopic (exact) mass is 254 g/mol. The minimum Gasteiger partial charge on any atom is -0.317 e. The summed E-state index contributed by atoms with van der Waals surface area (Å²) >= 11 is 0. The quantitative estimate of drug-likeness (QED) is 0.699. The molecular weight excluding hydrogens is 220 g/mol. The van der Waals surface area contributed by atoms with E-state index < -0.39 is 0 Å². The number of likely N-dealkylation sites (tertiary alicyclic amines) is 1. The van der Waals surface area contributed by atoms with Crippen molar-refractivity contribution in [1.82, 2.24) is 10.2 Å². The highest BCUT2D eigenvalue weighted by Gasteiger charge is 2.44. The van der Waals surface area contributed by atoms with Gasteiger partial charge < -0.3 is 10.2 Å². The van der Waals surface area contributed by atoms with Crippen LogP contribution >= 0.6 is 0 Å². The normalized spacial score (nSPS) is 24.3. The minimum atomic E-state index is 0. The lowest BCUT2D eigenvalue weighted by Gasteiger charge is -2.52. The summed E-state index contributed by atoms with van der Waals surface area (Å²) in [6.45, 7) is 11.0. The van der Waals surface area contributed by atoms with Gasteiger partial charge >= 0.3 is 0 Å². The van der Waals surface area contributed by atoms with Crippen LogP contribution < -0.4 is 5.32 Å². The van der Waals surface area contributed by atoms with Crippen molar-refractivity contribution in [1.29, 1.82) is 0 Å². The molecule has 1 heterocycles. The number of unbranched alkanes of at least 4 members (excludes halogenated alkanes) is 1. The maximum atomic E-state index is 3.46. The molecule has 1 saturated heterocycles. The second-order valence-electron chi connectivity index (χ2n) is 6.61. The zero-order valence-corrected chi connectivity index (χ0v) is 12.5. The van der Waals surface area contributed by atoms with Gasteiger partial charge in [-0.3, -0.25) is 0 Å². The summed E-state index contributed by atoms with van der Waals surface area (Å²) < 4.78 is 0. The lowest BCUT2D eigenvalue weighted by molar-refractivity contribution is -0.0159. The predicted octanol–water partition coefficient (Wildman–Crippen LogP) is 3.52. The van der Waals surface area contributed by atoms with Crippen LogP contribution in [0, 0.1) is 11.3 Å². The van der Waals surface area contributed by atoms with Gasteiger partial charge in [0.2, 0.25) is 0 Å². The van der Waals surface area contributed by atoms with E-state index in [2.05, 4.69) is 24.1 Å². The van der Waals surface area contributed by atoms with E-state index in [0.29, 0.717) is 0 Å². The minimum absolute atomic E-state index is 0. The molecule has 1 N–H and O–H groups in total. The number of piperidine rings is 1. The Morgan fingerprint density at radius 2 is 1.94 bits per heavy atom. The topological polar surface area (TPSA) is 15.3 Å². The summed E-state index contributed by atoms with van der Waals surface area (Å²) in [5, 5.41) is 3.46. The van der Waals surface area contributed by atoms with E-state index in [1.165, 1.54) is 71.1 Å². The van der Waals surface area contributed by atoms with Crippen LogP contribution in [0.2, 0.25) is 0 Å². The highest BCUT2D eigenvalue weighted by atomic mass is 15.1. The van der Waals surface area contributed by atoms with Gasteiger partial charge in [-0.05, 0) is 82.6 Å². The van der Waals surface area contributed by atoms with E-state index in [4.69, 9.17) is 0 Å². The highest BCUT2D eigenvalue weighted by Crippen LogP contribution is 2.53. The molecule has 0 aromatic rings. The average Bonchev–Trinajstić information content (AvgIpc) is 2.36. The van der Waals surface area contributed by atoms with Gasteiger partial charge in [0, 0.05) is 1.43 Å². The first-order chi connectivity index (χ1) is 8.78. The first-order valence-electron chi connectivity index (χ1n) is 8.21. The van der Waals surface area contributed by atoms with Gasteiger partial charge in [0.25, 0.3) is 0 Å². The zero-order valence-electron chi connectivity index (χ0n) is 12.5. The Hall–Kier alpha value is -0.0800. The first-order valence-corrected chi connectivity index (χ1v) is 8.21. The summed E-state index contributed by atoms with van der Waals surface area (Å²) in [5.41, 5.74) is 0.777. The largest absolute Gasteiger partial charge is 0.317 e. The lowest BCUT2D eigenvalue weighted by Crippen LogP contribution is -2.47. The van der Waals surface area contributed by atoms with Crippen molar-refractivity contribution in [3.05, 3.63) is 0 Å². The SMILES string of the molecule is CCCCN1CCC2(CC1)CC(CCNCC)C2.[HH]. The molecule has 1 aliphatic carbocycles. The molecule has 0 radical (unpaired) electrons. The van der Waals surface area contributed by atoms with Gasteiger partial charge in [-0.25, -0.2) is 0 Å². The van der Waals surface area contributed by atoms with Crippen LogP contribution in [0.15, 0.2) is 0 Å². The van der Waals surface area contributed by atoms with Crippen LogP contribution in [0.4, 0.5) is 0 Å². The van der Waals surface area contributed by atoms with Crippen molar-refractivity contribution in [3.63, 3.8) is 0 Å². The molecule has 0 unspecified atom stereocenters. The van der Waals surface area contributed by atoms with E-state index in [-0.39, 0.29) is 1.43 Å². The molecule has 108 valence electrons. The molecule has 2 heteroatoms. The maximum absolute atomic E-state index is 3.46. The summed E-state index contributed by atoms with van der Waals surface area (Å²) in [4.78, 5) is 2.70. The molecule has 0 aromatic heterocycles. The molecule has 0 aromatic carbocycles. The average molecular weight is 254 g/mol. The maximum Gasteiger partial charge on any atom is 0 e. The second kappa shape index (κ2) is 6.91. The third kappa shape index (κ3) is 3.71. The number of nitrogens with zero attached hydrogens (tertiary/aromatic N) is 1. The van der Waals surface area contributed by atoms with Crippen molar-refractivity contribution in [2.45, 2.75) is 58.8 Å². The van der Waals surface area contributed by atoms with Crippen molar-refractivity contribution in [2.75, 3.05) is 32.7 Å². The Morgan fingerprint density at radius 1 is 1.22 bits per heavy atom. The number of hydrogen-bond acceptors (Lipinski definition) is 2. The molecule has 1 aliphatic heterocycles. The molecule has 2 fully saturated rings. The summed E-state index contributed by atoms with van der Waals surface area (Å²) in [6.07, 6.45) is 10.2. The molecule has 0 amide bonds. The molecule has 2 aliphatic rings. The predicted molar refractivity (Wildman–Crippen MR) is 81.0 cm³/mol. The molecule has 1 spiro atoms. The Labute approximate surface area is 115 Å². The smallest absolute Gasteiger partial charge is 0 e. The Bertz CT molecular complexity index is 221. The molecule has 1 saturated carbocycles. The van der Waals surface area contributed by atoms with Crippen LogP contribution in [-0.4, -0.2) is 37.6 Å². The molecule has 2 rings (SSSR count). The Kier molecular flexibility index (Phi) is 5.50. The third-order valence-electron chi connectivity index (χ3n) is 5.17. The van der Waals surface area contributed by atoms with Gasteiger partial charge in [0.15, 0.2) is 0 Å². The number of rotatable bonds is 7.